The Kier molecular flexibility index (Phi) is 4.02. The zero-order valence-corrected chi connectivity index (χ0v) is 12.0. The average Bonchev–Trinajstić information content (AvgIpc) is 2.35. The smallest absolute Gasteiger partial charge is 0.126 e. The van der Waals surface area contributed by atoms with Crippen LogP contribution in [0.25, 0.3) is 0 Å². The summed E-state index contributed by atoms with van der Waals surface area (Å²) in [6, 6.07) is 11.3. The van der Waals surface area contributed by atoms with Gasteiger partial charge in [-0.3, -0.25) is 0 Å². The van der Waals surface area contributed by atoms with Crippen LogP contribution in [0, 0.1) is 19.7 Å². The van der Waals surface area contributed by atoms with E-state index in [0.717, 1.165) is 15.7 Å². The molecule has 0 aliphatic heterocycles. The Morgan fingerprint density at radius 1 is 1.11 bits per heavy atom. The second kappa shape index (κ2) is 5.53. The van der Waals surface area contributed by atoms with Crippen LogP contribution in [0.4, 0.5) is 10.1 Å². The van der Waals surface area contributed by atoms with E-state index in [1.165, 1.54) is 11.6 Å². The van der Waals surface area contributed by atoms with E-state index >= 15 is 0 Å². The number of hydrogen-bond acceptors (Lipinski definition) is 1. The van der Waals surface area contributed by atoms with Gasteiger partial charge in [-0.05, 0) is 58.6 Å². The lowest BCUT2D eigenvalue weighted by molar-refractivity contribution is 0.617. The predicted octanol–water partition coefficient (Wildman–Crippen LogP) is 4.82. The monoisotopic (exact) mass is 307 g/mol. The van der Waals surface area contributed by atoms with Crippen LogP contribution in [-0.4, -0.2) is 0 Å². The molecule has 1 N–H and O–H groups in total. The van der Waals surface area contributed by atoms with Crippen LogP contribution >= 0.6 is 15.9 Å². The lowest BCUT2D eigenvalue weighted by atomic mass is 10.1. The number of halogens is 2. The van der Waals surface area contributed by atoms with Gasteiger partial charge in [-0.15, -0.1) is 0 Å². The topological polar surface area (TPSA) is 12.0 Å². The maximum absolute atomic E-state index is 13.2. The van der Waals surface area contributed by atoms with Gasteiger partial charge >= 0.3 is 0 Å². The molecule has 18 heavy (non-hydrogen) atoms. The highest BCUT2D eigenvalue weighted by atomic mass is 79.9. The van der Waals surface area contributed by atoms with Crippen molar-refractivity contribution in [3.8, 4) is 0 Å². The molecule has 0 aliphatic rings. The highest BCUT2D eigenvalue weighted by Gasteiger charge is 2.03. The normalized spacial score (nSPS) is 10.4. The summed E-state index contributed by atoms with van der Waals surface area (Å²) >= 11 is 3.56. The van der Waals surface area contributed by atoms with E-state index in [9.17, 15) is 4.39 Å². The van der Waals surface area contributed by atoms with Gasteiger partial charge in [-0.1, -0.05) is 24.3 Å². The third-order valence-corrected chi connectivity index (χ3v) is 3.95. The van der Waals surface area contributed by atoms with Crippen LogP contribution in [0.2, 0.25) is 0 Å². The fourth-order valence-electron chi connectivity index (χ4n) is 1.80. The van der Waals surface area contributed by atoms with Crippen molar-refractivity contribution >= 4 is 21.6 Å². The summed E-state index contributed by atoms with van der Waals surface area (Å²) in [6.45, 7) is 4.52. The van der Waals surface area contributed by atoms with Gasteiger partial charge in [0, 0.05) is 16.7 Å². The molecule has 0 saturated carbocycles. The average molecular weight is 308 g/mol. The van der Waals surface area contributed by atoms with Gasteiger partial charge in [0.1, 0.15) is 5.82 Å². The Balaban J connectivity index is 2.11. The first-order valence-electron chi connectivity index (χ1n) is 5.82. The molecule has 0 aliphatic carbocycles. The molecule has 3 heteroatoms. The number of anilines is 1. The van der Waals surface area contributed by atoms with E-state index in [1.807, 2.05) is 18.2 Å². The Bertz CT molecular complexity index is 566. The first-order valence-corrected chi connectivity index (χ1v) is 6.61. The SMILES string of the molecule is Cc1cc(CNc2cccc(C)c2Br)ccc1F. The van der Waals surface area contributed by atoms with E-state index in [-0.39, 0.29) is 5.82 Å². The van der Waals surface area contributed by atoms with Gasteiger partial charge in [0.05, 0.1) is 0 Å². The summed E-state index contributed by atoms with van der Waals surface area (Å²) in [5, 5.41) is 3.35. The Morgan fingerprint density at radius 3 is 2.61 bits per heavy atom. The highest BCUT2D eigenvalue weighted by Crippen LogP contribution is 2.26. The third-order valence-electron chi connectivity index (χ3n) is 2.90. The molecule has 2 rings (SSSR count). The molecule has 0 heterocycles. The first-order chi connectivity index (χ1) is 8.58. The van der Waals surface area contributed by atoms with E-state index in [2.05, 4.69) is 34.2 Å². The molecular weight excluding hydrogens is 293 g/mol. The number of hydrogen-bond donors (Lipinski definition) is 1. The van der Waals surface area contributed by atoms with Crippen LogP contribution < -0.4 is 5.32 Å². The molecule has 0 radical (unpaired) electrons. The third kappa shape index (κ3) is 2.91. The zero-order valence-electron chi connectivity index (χ0n) is 10.4. The molecule has 94 valence electrons. The molecule has 0 fully saturated rings. The van der Waals surface area contributed by atoms with Crippen molar-refractivity contribution in [2.45, 2.75) is 20.4 Å². The summed E-state index contributed by atoms with van der Waals surface area (Å²) in [5.74, 6) is -0.157. The molecular formula is C15H15BrFN. The van der Waals surface area contributed by atoms with Crippen molar-refractivity contribution in [1.29, 1.82) is 0 Å². The molecule has 0 spiro atoms. The summed E-state index contributed by atoms with van der Waals surface area (Å²) in [7, 11) is 0. The van der Waals surface area contributed by atoms with E-state index in [1.54, 1.807) is 13.0 Å². The largest absolute Gasteiger partial charge is 0.380 e. The van der Waals surface area contributed by atoms with E-state index in [4.69, 9.17) is 0 Å². The fourth-order valence-corrected chi connectivity index (χ4v) is 2.20. The molecule has 0 atom stereocenters. The predicted molar refractivity (Wildman–Crippen MR) is 77.3 cm³/mol. The van der Waals surface area contributed by atoms with Gasteiger partial charge in [-0.25, -0.2) is 4.39 Å². The maximum Gasteiger partial charge on any atom is 0.126 e. The molecule has 2 aromatic carbocycles. The van der Waals surface area contributed by atoms with Gasteiger partial charge in [0.2, 0.25) is 0 Å². The van der Waals surface area contributed by atoms with Crippen molar-refractivity contribution in [2.24, 2.45) is 0 Å². The van der Waals surface area contributed by atoms with Crippen molar-refractivity contribution in [3.63, 3.8) is 0 Å². The van der Waals surface area contributed by atoms with Crippen LogP contribution in [0.3, 0.4) is 0 Å². The number of aryl methyl sites for hydroxylation is 2. The zero-order chi connectivity index (χ0) is 13.1. The van der Waals surface area contributed by atoms with Crippen molar-refractivity contribution in [3.05, 3.63) is 63.4 Å². The fraction of sp³-hybridized carbons (Fsp3) is 0.200. The van der Waals surface area contributed by atoms with Crippen molar-refractivity contribution in [1.82, 2.24) is 0 Å². The van der Waals surface area contributed by atoms with Crippen LogP contribution in [0.15, 0.2) is 40.9 Å². The van der Waals surface area contributed by atoms with E-state index < -0.39 is 0 Å². The minimum absolute atomic E-state index is 0.157. The quantitative estimate of drug-likeness (QED) is 0.857. The Hall–Kier alpha value is -1.35. The number of benzene rings is 2. The maximum atomic E-state index is 13.2. The minimum Gasteiger partial charge on any atom is -0.380 e. The standard InChI is InChI=1S/C15H15BrFN/c1-10-4-3-5-14(15(10)16)18-9-12-6-7-13(17)11(2)8-12/h3-8,18H,9H2,1-2H3. The molecule has 2 aromatic rings. The van der Waals surface area contributed by atoms with Crippen molar-refractivity contribution in [2.75, 3.05) is 5.32 Å². The van der Waals surface area contributed by atoms with Crippen LogP contribution in [0.1, 0.15) is 16.7 Å². The van der Waals surface area contributed by atoms with Gasteiger partial charge in [0.15, 0.2) is 0 Å². The van der Waals surface area contributed by atoms with E-state index in [0.29, 0.717) is 12.1 Å². The van der Waals surface area contributed by atoms with Gasteiger partial charge < -0.3 is 5.32 Å². The van der Waals surface area contributed by atoms with Crippen molar-refractivity contribution < 1.29 is 4.39 Å². The lowest BCUT2D eigenvalue weighted by Crippen LogP contribution is -2.01. The Labute approximate surface area is 115 Å². The summed E-state index contributed by atoms with van der Waals surface area (Å²) in [4.78, 5) is 0. The molecule has 0 unspecified atom stereocenters. The molecule has 1 nitrogen and oxygen atoms in total. The van der Waals surface area contributed by atoms with Gasteiger partial charge in [0.25, 0.3) is 0 Å². The first kappa shape index (κ1) is 13.1. The lowest BCUT2D eigenvalue weighted by Gasteiger charge is -2.11. The molecule has 0 amide bonds. The summed E-state index contributed by atoms with van der Waals surface area (Å²) in [5.41, 5.74) is 3.99. The molecule has 0 aromatic heterocycles. The summed E-state index contributed by atoms with van der Waals surface area (Å²) in [6.07, 6.45) is 0. The minimum atomic E-state index is -0.157. The molecule has 0 bridgehead atoms. The molecule has 0 saturated heterocycles. The van der Waals surface area contributed by atoms with Gasteiger partial charge in [-0.2, -0.15) is 0 Å². The number of nitrogens with one attached hydrogen (secondary N) is 1. The number of rotatable bonds is 3. The highest BCUT2D eigenvalue weighted by molar-refractivity contribution is 9.10. The van der Waals surface area contributed by atoms with Crippen LogP contribution in [0.5, 0.6) is 0 Å². The summed E-state index contributed by atoms with van der Waals surface area (Å²) < 4.78 is 14.2. The van der Waals surface area contributed by atoms with Crippen LogP contribution in [-0.2, 0) is 6.54 Å². The Morgan fingerprint density at radius 2 is 1.89 bits per heavy atom. The second-order valence-corrected chi connectivity index (χ2v) is 5.17. The second-order valence-electron chi connectivity index (χ2n) is 4.37.